The number of anilines is 1. The molecule has 17 heavy (non-hydrogen) atoms. The molecule has 1 aromatic heterocycles. The van der Waals surface area contributed by atoms with E-state index in [0.717, 1.165) is 36.5 Å². The number of fused-ring (bicyclic) bond motifs is 1. The Morgan fingerprint density at radius 3 is 3.18 bits per heavy atom. The van der Waals surface area contributed by atoms with Crippen molar-refractivity contribution in [2.24, 2.45) is 0 Å². The van der Waals surface area contributed by atoms with Crippen molar-refractivity contribution in [3.8, 4) is 0 Å². The zero-order valence-electron chi connectivity index (χ0n) is 9.14. The van der Waals surface area contributed by atoms with Crippen LogP contribution in [0.5, 0.6) is 0 Å². The highest BCUT2D eigenvalue weighted by atomic mass is 79.9. The number of piperazine rings is 1. The molecular weight excluding hydrogens is 286 g/mol. The Morgan fingerprint density at radius 1 is 1.47 bits per heavy atom. The van der Waals surface area contributed by atoms with Crippen molar-refractivity contribution < 1.29 is 4.79 Å². The largest absolute Gasteiger partial charge is 0.352 e. The maximum absolute atomic E-state index is 11.5. The van der Waals surface area contributed by atoms with Crippen molar-refractivity contribution in [3.63, 3.8) is 0 Å². The number of rotatable bonds is 1. The molecule has 2 saturated heterocycles. The van der Waals surface area contributed by atoms with Crippen LogP contribution in [0.25, 0.3) is 0 Å². The molecule has 2 amide bonds. The molecule has 1 aromatic rings. The standard InChI is InChI=1S/C10H12BrN5O/c11-8-4-12-6-14-9(8)15-1-2-16-7(5-15)3-13-10(16)17/h4,6-7H,1-3,5H2,(H,13,17). The third-order valence-corrected chi connectivity index (χ3v) is 3.74. The van der Waals surface area contributed by atoms with Gasteiger partial charge in [0.25, 0.3) is 0 Å². The Labute approximate surface area is 107 Å². The van der Waals surface area contributed by atoms with Crippen LogP contribution in [-0.2, 0) is 0 Å². The fourth-order valence-electron chi connectivity index (χ4n) is 2.34. The number of aromatic nitrogens is 2. The predicted molar refractivity (Wildman–Crippen MR) is 65.8 cm³/mol. The first-order valence-electron chi connectivity index (χ1n) is 5.50. The van der Waals surface area contributed by atoms with Crippen molar-refractivity contribution in [1.29, 1.82) is 0 Å². The van der Waals surface area contributed by atoms with E-state index in [0.29, 0.717) is 0 Å². The summed E-state index contributed by atoms with van der Waals surface area (Å²) in [7, 11) is 0. The number of hydrogen-bond donors (Lipinski definition) is 1. The van der Waals surface area contributed by atoms with Crippen LogP contribution in [0, 0.1) is 0 Å². The van der Waals surface area contributed by atoms with Crippen molar-refractivity contribution in [2.45, 2.75) is 6.04 Å². The van der Waals surface area contributed by atoms with E-state index in [1.165, 1.54) is 0 Å². The van der Waals surface area contributed by atoms with E-state index >= 15 is 0 Å². The molecule has 3 rings (SSSR count). The van der Waals surface area contributed by atoms with Gasteiger partial charge in [0.15, 0.2) is 0 Å². The molecule has 0 aliphatic carbocycles. The number of halogens is 1. The quantitative estimate of drug-likeness (QED) is 0.818. The molecule has 0 saturated carbocycles. The molecule has 1 unspecified atom stereocenters. The van der Waals surface area contributed by atoms with E-state index in [-0.39, 0.29) is 12.1 Å². The maximum atomic E-state index is 11.5. The molecule has 1 N–H and O–H groups in total. The molecule has 3 heterocycles. The van der Waals surface area contributed by atoms with Crippen LogP contribution >= 0.6 is 15.9 Å². The fourth-order valence-corrected chi connectivity index (χ4v) is 2.81. The molecule has 1 atom stereocenters. The second-order valence-corrected chi connectivity index (χ2v) is 5.03. The summed E-state index contributed by atoms with van der Waals surface area (Å²) >= 11 is 3.45. The minimum Gasteiger partial charge on any atom is -0.352 e. The Hall–Kier alpha value is -1.37. The zero-order valence-corrected chi connectivity index (χ0v) is 10.7. The van der Waals surface area contributed by atoms with Crippen molar-refractivity contribution in [2.75, 3.05) is 31.1 Å². The molecule has 7 heteroatoms. The lowest BCUT2D eigenvalue weighted by molar-refractivity contribution is 0.197. The normalized spacial score (nSPS) is 23.6. The first kappa shape index (κ1) is 10.8. The summed E-state index contributed by atoms with van der Waals surface area (Å²) in [5, 5.41) is 2.86. The second kappa shape index (κ2) is 4.14. The maximum Gasteiger partial charge on any atom is 0.317 e. The number of urea groups is 1. The summed E-state index contributed by atoms with van der Waals surface area (Å²) in [6, 6.07) is 0.300. The molecule has 2 aliphatic rings. The number of hydrogen-bond acceptors (Lipinski definition) is 4. The van der Waals surface area contributed by atoms with Crippen LogP contribution in [0.4, 0.5) is 10.6 Å². The number of nitrogens with one attached hydrogen (secondary N) is 1. The Morgan fingerprint density at radius 2 is 2.35 bits per heavy atom. The van der Waals surface area contributed by atoms with E-state index in [2.05, 4.69) is 36.1 Å². The molecule has 6 nitrogen and oxygen atoms in total. The van der Waals surface area contributed by atoms with Gasteiger partial charge in [-0.3, -0.25) is 0 Å². The lowest BCUT2D eigenvalue weighted by atomic mass is 10.2. The number of nitrogens with zero attached hydrogens (tertiary/aromatic N) is 4. The average Bonchev–Trinajstić information content (AvgIpc) is 2.71. The molecule has 0 aromatic carbocycles. The van der Waals surface area contributed by atoms with Gasteiger partial charge in [0.1, 0.15) is 12.1 Å². The van der Waals surface area contributed by atoms with E-state index in [1.54, 1.807) is 12.5 Å². The zero-order chi connectivity index (χ0) is 11.8. The van der Waals surface area contributed by atoms with Gasteiger partial charge in [-0.2, -0.15) is 0 Å². The second-order valence-electron chi connectivity index (χ2n) is 4.17. The highest BCUT2D eigenvalue weighted by Gasteiger charge is 2.36. The summed E-state index contributed by atoms with van der Waals surface area (Å²) < 4.78 is 0.894. The third-order valence-electron chi connectivity index (χ3n) is 3.18. The van der Waals surface area contributed by atoms with Crippen LogP contribution in [0.3, 0.4) is 0 Å². The molecule has 2 aliphatic heterocycles. The molecule has 90 valence electrons. The van der Waals surface area contributed by atoms with Gasteiger partial charge in [0.05, 0.1) is 10.5 Å². The Balaban J connectivity index is 1.80. The van der Waals surface area contributed by atoms with Gasteiger partial charge in [-0.1, -0.05) is 0 Å². The Kier molecular flexibility index (Phi) is 2.62. The molecule has 0 bridgehead atoms. The van der Waals surface area contributed by atoms with Crippen LogP contribution in [0.2, 0.25) is 0 Å². The van der Waals surface area contributed by atoms with Crippen molar-refractivity contribution in [3.05, 3.63) is 17.0 Å². The van der Waals surface area contributed by atoms with Crippen LogP contribution < -0.4 is 10.2 Å². The van der Waals surface area contributed by atoms with Gasteiger partial charge < -0.3 is 15.1 Å². The van der Waals surface area contributed by atoms with E-state index < -0.39 is 0 Å². The third kappa shape index (κ3) is 1.84. The molecule has 0 radical (unpaired) electrons. The van der Waals surface area contributed by atoms with Crippen LogP contribution in [0.1, 0.15) is 0 Å². The Bertz CT molecular complexity index is 454. The summed E-state index contributed by atoms with van der Waals surface area (Å²) in [6.07, 6.45) is 3.29. The van der Waals surface area contributed by atoms with Gasteiger partial charge in [-0.05, 0) is 15.9 Å². The fraction of sp³-hybridized carbons (Fsp3) is 0.500. The van der Waals surface area contributed by atoms with E-state index in [9.17, 15) is 4.79 Å². The summed E-state index contributed by atoms with van der Waals surface area (Å²) in [5.41, 5.74) is 0. The summed E-state index contributed by atoms with van der Waals surface area (Å²) in [6.45, 7) is 3.08. The van der Waals surface area contributed by atoms with E-state index in [4.69, 9.17) is 0 Å². The summed E-state index contributed by atoms with van der Waals surface area (Å²) in [4.78, 5) is 23.8. The smallest absolute Gasteiger partial charge is 0.317 e. The first-order chi connectivity index (χ1) is 8.25. The van der Waals surface area contributed by atoms with Gasteiger partial charge in [-0.25, -0.2) is 14.8 Å². The number of carbonyl (C=O) groups excluding carboxylic acids is 1. The van der Waals surface area contributed by atoms with Crippen molar-refractivity contribution in [1.82, 2.24) is 20.2 Å². The minimum absolute atomic E-state index is 0.0522. The lowest BCUT2D eigenvalue weighted by Gasteiger charge is -2.37. The highest BCUT2D eigenvalue weighted by molar-refractivity contribution is 9.10. The van der Waals surface area contributed by atoms with Crippen LogP contribution in [-0.4, -0.2) is 53.1 Å². The number of carbonyl (C=O) groups is 1. The van der Waals surface area contributed by atoms with Gasteiger partial charge in [-0.15, -0.1) is 0 Å². The lowest BCUT2D eigenvalue weighted by Crippen LogP contribution is -2.52. The molecule has 0 spiro atoms. The average molecular weight is 298 g/mol. The molecular formula is C10H12BrN5O. The predicted octanol–water partition coefficient (Wildman–Crippen LogP) is 0.453. The summed E-state index contributed by atoms with van der Waals surface area (Å²) in [5.74, 6) is 0.902. The number of amides is 2. The first-order valence-corrected chi connectivity index (χ1v) is 6.30. The van der Waals surface area contributed by atoms with Gasteiger partial charge in [0, 0.05) is 32.4 Å². The molecule has 2 fully saturated rings. The van der Waals surface area contributed by atoms with Crippen molar-refractivity contribution >= 4 is 27.8 Å². The monoisotopic (exact) mass is 297 g/mol. The van der Waals surface area contributed by atoms with Gasteiger partial charge in [0.2, 0.25) is 0 Å². The topological polar surface area (TPSA) is 61.4 Å². The van der Waals surface area contributed by atoms with Gasteiger partial charge >= 0.3 is 6.03 Å². The minimum atomic E-state index is 0.0522. The van der Waals surface area contributed by atoms with E-state index in [1.807, 2.05) is 4.90 Å². The van der Waals surface area contributed by atoms with Crippen LogP contribution in [0.15, 0.2) is 17.0 Å². The highest BCUT2D eigenvalue weighted by Crippen LogP contribution is 2.25. The SMILES string of the molecule is O=C1NCC2CN(c3ncncc3Br)CCN12.